The zero-order valence-electron chi connectivity index (χ0n) is 12.5. The van der Waals surface area contributed by atoms with Gasteiger partial charge in [0, 0.05) is 14.1 Å². The van der Waals surface area contributed by atoms with Gasteiger partial charge in [-0.25, -0.2) is 0 Å². The fourth-order valence-electron chi connectivity index (χ4n) is 2.37. The first-order valence-corrected chi connectivity index (χ1v) is 5.99. The van der Waals surface area contributed by atoms with Crippen molar-refractivity contribution in [2.45, 2.75) is 18.8 Å². The van der Waals surface area contributed by atoms with Crippen LogP contribution in [0.4, 0.5) is 5.69 Å². The Bertz CT molecular complexity index is 745. The number of fused-ring (bicyclic) bond motifs is 1. The van der Waals surface area contributed by atoms with Crippen LogP contribution in [0.15, 0.2) is 30.5 Å². The Morgan fingerprint density at radius 1 is 1.35 bits per heavy atom. The van der Waals surface area contributed by atoms with Crippen molar-refractivity contribution < 1.29 is 17.1 Å². The third kappa shape index (κ3) is 1.61. The third-order valence-electron chi connectivity index (χ3n) is 3.29. The number of rotatable bonds is 1. The molecule has 0 bridgehead atoms. The Morgan fingerprint density at radius 3 is 2.75 bits per heavy atom. The highest BCUT2D eigenvalue weighted by Crippen LogP contribution is 2.31. The molecular weight excluding hydrogens is 258 g/mol. The Balaban J connectivity index is 2.09. The molecule has 3 rings (SSSR count). The van der Waals surface area contributed by atoms with Crippen LogP contribution in [0.5, 0.6) is 0 Å². The second kappa shape index (κ2) is 4.19. The summed E-state index contributed by atoms with van der Waals surface area (Å²) in [5, 5.41) is 2.39. The smallest absolute Gasteiger partial charge is 0.264 e. The quantitative estimate of drug-likeness (QED) is 0.580. The van der Waals surface area contributed by atoms with E-state index in [-0.39, 0.29) is 28.9 Å². The van der Waals surface area contributed by atoms with Crippen molar-refractivity contribution in [3.05, 3.63) is 41.6 Å². The third-order valence-corrected chi connectivity index (χ3v) is 3.29. The molecule has 1 fully saturated rings. The second-order valence-corrected chi connectivity index (χ2v) is 4.63. The van der Waals surface area contributed by atoms with Crippen molar-refractivity contribution in [2.24, 2.45) is 0 Å². The van der Waals surface area contributed by atoms with Crippen molar-refractivity contribution in [1.29, 1.82) is 0 Å². The van der Waals surface area contributed by atoms with Gasteiger partial charge in [0.15, 0.2) is 0 Å². The van der Waals surface area contributed by atoms with E-state index in [1.807, 2.05) is 0 Å². The van der Waals surface area contributed by atoms with Gasteiger partial charge in [-0.1, -0.05) is 12.6 Å². The molecule has 0 aromatic heterocycles. The zero-order chi connectivity index (χ0) is 16.2. The number of hydrogen-bond acceptors (Lipinski definition) is 4. The van der Waals surface area contributed by atoms with E-state index in [0.29, 0.717) is 4.90 Å². The largest absolute Gasteiger partial charge is 0.398 e. The van der Waals surface area contributed by atoms with Gasteiger partial charge in [0.1, 0.15) is 6.04 Å². The molecule has 2 heterocycles. The van der Waals surface area contributed by atoms with Crippen molar-refractivity contribution >= 4 is 23.4 Å². The predicted molar refractivity (Wildman–Crippen MR) is 71.7 cm³/mol. The van der Waals surface area contributed by atoms with Crippen molar-refractivity contribution in [3.63, 3.8) is 0 Å². The summed E-state index contributed by atoms with van der Waals surface area (Å²) in [6.45, 7) is 3.53. The molecule has 0 aliphatic carbocycles. The first-order chi connectivity index (χ1) is 10.2. The SMILES string of the molecule is [2H]C1([2H])CC(=C)NC(=O)C1N1C(=O)c2cccc(N)c2C1=O. The van der Waals surface area contributed by atoms with Crippen LogP contribution >= 0.6 is 0 Å². The van der Waals surface area contributed by atoms with E-state index in [1.165, 1.54) is 18.2 Å². The summed E-state index contributed by atoms with van der Waals surface area (Å²) < 4.78 is 16.0. The van der Waals surface area contributed by atoms with Crippen LogP contribution in [0.2, 0.25) is 0 Å². The standard InChI is InChI=1S/C14H13N3O3/c1-7-5-6-10(12(18)16-7)17-13(19)8-3-2-4-9(15)11(8)14(17)20/h2-4,10H,1,5-6,15H2,(H,16,18)/i6D2. The number of imide groups is 1. The maximum atomic E-state index is 12.5. The van der Waals surface area contributed by atoms with Crippen molar-refractivity contribution in [2.75, 3.05) is 5.73 Å². The molecule has 0 saturated carbocycles. The number of piperidine rings is 1. The fraction of sp³-hybridized carbons (Fsp3) is 0.214. The number of anilines is 1. The van der Waals surface area contributed by atoms with Gasteiger partial charge in [-0.2, -0.15) is 0 Å². The van der Waals surface area contributed by atoms with Crippen LogP contribution in [-0.4, -0.2) is 28.7 Å². The lowest BCUT2D eigenvalue weighted by Crippen LogP contribution is -2.51. The molecule has 20 heavy (non-hydrogen) atoms. The predicted octanol–water partition coefficient (Wildman–Crippen LogP) is 0.657. The summed E-state index contributed by atoms with van der Waals surface area (Å²) in [5.74, 6) is -2.24. The topological polar surface area (TPSA) is 92.5 Å². The number of carbonyl (C=O) groups is 3. The number of amides is 3. The molecule has 3 amide bonds. The van der Waals surface area contributed by atoms with E-state index in [0.717, 1.165) is 0 Å². The number of benzene rings is 1. The monoisotopic (exact) mass is 273 g/mol. The minimum Gasteiger partial charge on any atom is -0.398 e. The van der Waals surface area contributed by atoms with Gasteiger partial charge in [-0.3, -0.25) is 19.3 Å². The van der Waals surface area contributed by atoms with Crippen molar-refractivity contribution in [1.82, 2.24) is 10.2 Å². The maximum absolute atomic E-state index is 12.5. The molecule has 6 heteroatoms. The molecule has 1 atom stereocenters. The summed E-state index contributed by atoms with van der Waals surface area (Å²) >= 11 is 0. The molecule has 2 aliphatic heterocycles. The molecule has 3 N–H and O–H groups in total. The Hall–Kier alpha value is -2.63. The normalized spacial score (nSPS) is 26.0. The molecule has 1 unspecified atom stereocenters. The van der Waals surface area contributed by atoms with Crippen LogP contribution < -0.4 is 11.1 Å². The van der Waals surface area contributed by atoms with E-state index in [2.05, 4.69) is 11.9 Å². The lowest BCUT2D eigenvalue weighted by molar-refractivity contribution is -0.125. The minimum atomic E-state index is -2.10. The second-order valence-electron chi connectivity index (χ2n) is 4.63. The van der Waals surface area contributed by atoms with Crippen LogP contribution in [0, 0.1) is 0 Å². The summed E-state index contributed by atoms with van der Waals surface area (Å²) in [5.41, 5.74) is 6.16. The summed E-state index contributed by atoms with van der Waals surface area (Å²) in [6, 6.07) is 2.89. The fourth-order valence-corrected chi connectivity index (χ4v) is 2.37. The zero-order valence-corrected chi connectivity index (χ0v) is 10.5. The summed E-state index contributed by atoms with van der Waals surface area (Å²) in [7, 11) is 0. The number of hydrogen-bond donors (Lipinski definition) is 2. The Kier molecular flexibility index (Phi) is 2.14. The van der Waals surface area contributed by atoms with Crippen molar-refractivity contribution in [3.8, 4) is 0 Å². The van der Waals surface area contributed by atoms with Crippen LogP contribution in [0.1, 0.15) is 36.3 Å². The molecule has 1 aromatic carbocycles. The van der Waals surface area contributed by atoms with Gasteiger partial charge < -0.3 is 11.1 Å². The number of nitrogens with one attached hydrogen (secondary N) is 1. The number of nitrogens with two attached hydrogens (primary N) is 1. The van der Waals surface area contributed by atoms with Crippen LogP contribution in [0.3, 0.4) is 0 Å². The molecule has 0 radical (unpaired) electrons. The van der Waals surface area contributed by atoms with E-state index in [1.54, 1.807) is 0 Å². The number of nitrogens with zero attached hydrogens (tertiary/aromatic N) is 1. The van der Waals surface area contributed by atoms with Gasteiger partial charge >= 0.3 is 0 Å². The maximum Gasteiger partial charge on any atom is 0.264 e. The van der Waals surface area contributed by atoms with E-state index in [4.69, 9.17) is 8.48 Å². The number of carbonyl (C=O) groups excluding carboxylic acids is 3. The first kappa shape index (κ1) is 10.2. The number of nitrogen functional groups attached to an aromatic ring is 1. The minimum absolute atomic E-state index is 0.0144. The van der Waals surface area contributed by atoms with E-state index < -0.39 is 30.1 Å². The average molecular weight is 273 g/mol. The highest BCUT2D eigenvalue weighted by Gasteiger charge is 2.44. The van der Waals surface area contributed by atoms with Gasteiger partial charge in [0.05, 0.1) is 11.1 Å². The molecule has 102 valence electrons. The van der Waals surface area contributed by atoms with Gasteiger partial charge in [0.25, 0.3) is 11.8 Å². The first-order valence-electron chi connectivity index (χ1n) is 6.99. The molecule has 6 nitrogen and oxygen atoms in total. The van der Waals surface area contributed by atoms with Crippen LogP contribution in [0.25, 0.3) is 0 Å². The van der Waals surface area contributed by atoms with Gasteiger partial charge in [-0.15, -0.1) is 0 Å². The molecule has 0 spiro atoms. The van der Waals surface area contributed by atoms with E-state index in [9.17, 15) is 14.4 Å². The van der Waals surface area contributed by atoms with E-state index >= 15 is 0 Å². The lowest BCUT2D eigenvalue weighted by Gasteiger charge is -2.29. The highest BCUT2D eigenvalue weighted by molar-refractivity contribution is 6.25. The molecule has 2 aliphatic rings. The summed E-state index contributed by atoms with van der Waals surface area (Å²) in [4.78, 5) is 37.8. The molecular formula is C14H13N3O3. The average Bonchev–Trinajstić information content (AvgIpc) is 2.63. The molecule has 1 saturated heterocycles. The highest BCUT2D eigenvalue weighted by atomic mass is 16.2. The lowest BCUT2D eigenvalue weighted by atomic mass is 10.0. The van der Waals surface area contributed by atoms with Gasteiger partial charge in [-0.05, 0) is 24.9 Å². The van der Waals surface area contributed by atoms with Gasteiger partial charge in [0.2, 0.25) is 5.91 Å². The summed E-state index contributed by atoms with van der Waals surface area (Å²) in [6.07, 6.45) is -2.27. The number of allylic oxidation sites excluding steroid dienone is 1. The Labute approximate surface area is 118 Å². The molecule has 1 aromatic rings. The van der Waals surface area contributed by atoms with Crippen LogP contribution in [-0.2, 0) is 4.79 Å². The Morgan fingerprint density at radius 2 is 2.10 bits per heavy atom.